The van der Waals surface area contributed by atoms with Crippen LogP contribution in [0.2, 0.25) is 0 Å². The average Bonchev–Trinajstić information content (AvgIpc) is 2.60. The molecule has 10 heteroatoms. The Bertz CT molecular complexity index is 833. The quantitative estimate of drug-likeness (QED) is 0.367. The van der Waals surface area contributed by atoms with E-state index in [-0.39, 0.29) is 41.7 Å². The summed E-state index contributed by atoms with van der Waals surface area (Å²) in [5.41, 5.74) is -0.00110. The van der Waals surface area contributed by atoms with E-state index in [2.05, 4.69) is 10.6 Å². The Morgan fingerprint density at radius 1 is 1.39 bits per heavy atom. The summed E-state index contributed by atoms with van der Waals surface area (Å²) in [6, 6.07) is 0.867. The van der Waals surface area contributed by atoms with Gasteiger partial charge in [-0.2, -0.15) is 0 Å². The summed E-state index contributed by atoms with van der Waals surface area (Å²) in [7, 11) is 0. The summed E-state index contributed by atoms with van der Waals surface area (Å²) >= 11 is 0. The molecule has 0 bridgehead atoms. The fourth-order valence-electron chi connectivity index (χ4n) is 2.72. The van der Waals surface area contributed by atoms with Crippen LogP contribution in [0.1, 0.15) is 39.3 Å². The second-order valence-electron chi connectivity index (χ2n) is 6.64. The Balaban J connectivity index is 2.55. The second kappa shape index (κ2) is 8.59. The zero-order chi connectivity index (χ0) is 21.0. The number of phenolic OH excluding ortho intramolecular Hbond substituents is 1. The van der Waals surface area contributed by atoms with Crippen LogP contribution in [0.3, 0.4) is 0 Å². The molecule has 0 saturated heterocycles. The summed E-state index contributed by atoms with van der Waals surface area (Å²) in [4.78, 5) is 35.1. The van der Waals surface area contributed by atoms with Crippen molar-refractivity contribution in [1.29, 1.82) is 0 Å². The third kappa shape index (κ3) is 4.51. The Kier molecular flexibility index (Phi) is 6.45. The van der Waals surface area contributed by atoms with E-state index in [0.29, 0.717) is 0 Å². The maximum Gasteiger partial charge on any atom is 0.338 e. The Morgan fingerprint density at radius 3 is 2.64 bits per heavy atom. The minimum Gasteiger partial charge on any atom is -0.500 e. The third-order valence-corrected chi connectivity index (χ3v) is 3.94. The van der Waals surface area contributed by atoms with Crippen molar-refractivity contribution in [3.63, 3.8) is 0 Å². The number of aromatic hydroxyl groups is 1. The number of ether oxygens (including phenoxy) is 2. The molecule has 0 saturated carbocycles. The van der Waals surface area contributed by atoms with Gasteiger partial charge in [0.15, 0.2) is 5.75 Å². The van der Waals surface area contributed by atoms with Crippen LogP contribution in [0, 0.1) is 16.0 Å². The molecular weight excluding hydrogens is 370 g/mol. The van der Waals surface area contributed by atoms with Gasteiger partial charge >= 0.3 is 17.7 Å². The van der Waals surface area contributed by atoms with Crippen molar-refractivity contribution in [3.8, 4) is 11.5 Å². The van der Waals surface area contributed by atoms with Crippen molar-refractivity contribution >= 4 is 17.7 Å². The molecule has 0 fully saturated rings. The van der Waals surface area contributed by atoms with E-state index < -0.39 is 34.4 Å². The lowest BCUT2D eigenvalue weighted by Gasteiger charge is -2.28. The number of carbonyl (C=O) groups is 2. The van der Waals surface area contributed by atoms with Crippen LogP contribution in [-0.4, -0.2) is 35.2 Å². The molecule has 0 aromatic heterocycles. The third-order valence-electron chi connectivity index (χ3n) is 3.94. The van der Waals surface area contributed by atoms with Crippen molar-refractivity contribution in [2.45, 2.75) is 33.7 Å². The van der Waals surface area contributed by atoms with Crippen molar-refractivity contribution in [3.05, 3.63) is 39.1 Å². The van der Waals surface area contributed by atoms with Gasteiger partial charge in [-0.05, 0) is 31.4 Å². The number of urea groups is 1. The van der Waals surface area contributed by atoms with Crippen LogP contribution < -0.4 is 15.4 Å². The molecule has 28 heavy (non-hydrogen) atoms. The molecule has 152 valence electrons. The predicted molar refractivity (Wildman–Crippen MR) is 98.8 cm³/mol. The number of carbonyl (C=O) groups excluding carboxylic acids is 2. The number of nitro groups is 1. The Hall–Kier alpha value is -3.30. The van der Waals surface area contributed by atoms with Gasteiger partial charge in [0, 0.05) is 11.8 Å². The highest BCUT2D eigenvalue weighted by atomic mass is 16.6. The van der Waals surface area contributed by atoms with Crippen molar-refractivity contribution < 1.29 is 29.1 Å². The lowest BCUT2D eigenvalue weighted by Crippen LogP contribution is -2.45. The lowest BCUT2D eigenvalue weighted by atomic mass is 9.94. The number of phenols is 1. The molecule has 1 aromatic carbocycles. The summed E-state index contributed by atoms with van der Waals surface area (Å²) in [5.74, 6) is -1.29. The molecule has 1 aliphatic rings. The summed E-state index contributed by atoms with van der Waals surface area (Å²) in [6.45, 7) is 7.29. The van der Waals surface area contributed by atoms with Gasteiger partial charge in [-0.25, -0.2) is 9.59 Å². The minimum atomic E-state index is -1.01. The Morgan fingerprint density at radius 2 is 2.07 bits per heavy atom. The molecule has 1 heterocycles. The smallest absolute Gasteiger partial charge is 0.338 e. The molecule has 0 radical (unpaired) electrons. The Labute approximate surface area is 161 Å². The number of benzene rings is 1. The number of hydrogen-bond acceptors (Lipinski definition) is 7. The fourth-order valence-corrected chi connectivity index (χ4v) is 2.72. The first-order valence-electron chi connectivity index (χ1n) is 8.75. The van der Waals surface area contributed by atoms with Gasteiger partial charge in [-0.1, -0.05) is 13.8 Å². The lowest BCUT2D eigenvalue weighted by molar-refractivity contribution is -0.386. The van der Waals surface area contributed by atoms with Gasteiger partial charge in [0.2, 0.25) is 5.75 Å². The average molecular weight is 393 g/mol. The van der Waals surface area contributed by atoms with Crippen LogP contribution in [0.4, 0.5) is 10.5 Å². The van der Waals surface area contributed by atoms with E-state index in [1.807, 2.05) is 13.8 Å². The highest BCUT2D eigenvalue weighted by Crippen LogP contribution is 2.40. The zero-order valence-corrected chi connectivity index (χ0v) is 16.1. The number of hydrogen-bond donors (Lipinski definition) is 3. The molecule has 0 aliphatic carbocycles. The van der Waals surface area contributed by atoms with Crippen LogP contribution in [-0.2, 0) is 9.53 Å². The van der Waals surface area contributed by atoms with Crippen LogP contribution in [0.25, 0.3) is 0 Å². The highest BCUT2D eigenvalue weighted by molar-refractivity contribution is 5.95. The number of nitro benzene ring substituents is 1. The second-order valence-corrected chi connectivity index (χ2v) is 6.64. The molecule has 1 unspecified atom stereocenters. The summed E-state index contributed by atoms with van der Waals surface area (Å²) in [5, 5.41) is 26.5. The van der Waals surface area contributed by atoms with E-state index in [0.717, 1.165) is 6.07 Å². The maximum absolute atomic E-state index is 12.6. The molecule has 2 amide bonds. The predicted octanol–water partition coefficient (Wildman–Crippen LogP) is 2.53. The molecular formula is C18H23N3O7. The first-order chi connectivity index (χ1) is 13.1. The number of allylic oxidation sites excluding steroid dienone is 1. The van der Waals surface area contributed by atoms with Crippen molar-refractivity contribution in [1.82, 2.24) is 10.6 Å². The van der Waals surface area contributed by atoms with Gasteiger partial charge in [0.1, 0.15) is 0 Å². The number of rotatable bonds is 7. The maximum atomic E-state index is 12.6. The number of amides is 2. The molecule has 2 rings (SSSR count). The molecule has 1 atom stereocenters. The van der Waals surface area contributed by atoms with E-state index in [1.165, 1.54) is 13.0 Å². The number of nitrogens with one attached hydrogen (secondary N) is 2. The molecule has 1 aromatic rings. The summed E-state index contributed by atoms with van der Waals surface area (Å²) < 4.78 is 10.5. The molecule has 0 spiro atoms. The van der Waals surface area contributed by atoms with Gasteiger partial charge < -0.3 is 25.2 Å². The van der Waals surface area contributed by atoms with Gasteiger partial charge in [0.25, 0.3) is 0 Å². The summed E-state index contributed by atoms with van der Waals surface area (Å²) in [6.07, 6.45) is 0. The monoisotopic (exact) mass is 393 g/mol. The normalized spacial score (nSPS) is 16.5. The molecule has 10 nitrogen and oxygen atoms in total. The van der Waals surface area contributed by atoms with Gasteiger partial charge in [-0.3, -0.25) is 10.1 Å². The molecule has 1 aliphatic heterocycles. The SMILES string of the molecule is CCOc1cc(C2NC(=O)NC(C)=C2C(=O)OCC(C)C)cc([N+](=O)[O-])c1O. The fraction of sp³-hybridized carbons (Fsp3) is 0.444. The van der Waals surface area contributed by atoms with Crippen molar-refractivity contribution in [2.75, 3.05) is 13.2 Å². The van der Waals surface area contributed by atoms with E-state index in [9.17, 15) is 24.8 Å². The van der Waals surface area contributed by atoms with Crippen LogP contribution >= 0.6 is 0 Å². The first-order valence-corrected chi connectivity index (χ1v) is 8.75. The van der Waals surface area contributed by atoms with E-state index in [4.69, 9.17) is 9.47 Å². The number of esters is 1. The standard InChI is InChI=1S/C18H23N3O7/c1-5-27-13-7-11(6-12(16(13)22)21(25)26)15-14(10(4)19-18(24)20-15)17(23)28-8-9(2)3/h6-7,9,15,22H,5,8H2,1-4H3,(H2,19,20,24). The minimum absolute atomic E-state index is 0.105. The van der Waals surface area contributed by atoms with Gasteiger partial charge in [-0.15, -0.1) is 0 Å². The van der Waals surface area contributed by atoms with Crippen LogP contribution in [0.15, 0.2) is 23.4 Å². The van der Waals surface area contributed by atoms with E-state index in [1.54, 1.807) is 6.92 Å². The first kappa shape index (κ1) is 21.0. The van der Waals surface area contributed by atoms with Crippen molar-refractivity contribution in [2.24, 2.45) is 5.92 Å². The highest BCUT2D eigenvalue weighted by Gasteiger charge is 2.34. The zero-order valence-electron chi connectivity index (χ0n) is 16.1. The number of nitrogens with zero attached hydrogens (tertiary/aromatic N) is 1. The molecule has 3 N–H and O–H groups in total. The topological polar surface area (TPSA) is 140 Å². The largest absolute Gasteiger partial charge is 0.500 e. The van der Waals surface area contributed by atoms with Crippen LogP contribution in [0.5, 0.6) is 11.5 Å². The van der Waals surface area contributed by atoms with E-state index >= 15 is 0 Å². The van der Waals surface area contributed by atoms with Gasteiger partial charge in [0.05, 0.1) is 29.8 Å².